The molecule has 2 N–H and O–H groups in total. The van der Waals surface area contributed by atoms with Gasteiger partial charge in [-0.1, -0.05) is 0 Å². The lowest BCUT2D eigenvalue weighted by atomic mass is 10.1. The minimum atomic E-state index is -0.791. The number of phenols is 2. The molecule has 0 aromatic heterocycles. The van der Waals surface area contributed by atoms with E-state index >= 15 is 0 Å². The number of carbonyl (C=O) groups excluding carboxylic acids is 1. The third-order valence-corrected chi connectivity index (χ3v) is 2.39. The summed E-state index contributed by atoms with van der Waals surface area (Å²) in [5, 5.41) is 19.7. The van der Waals surface area contributed by atoms with Crippen LogP contribution in [-0.2, 0) is 4.74 Å². The van der Waals surface area contributed by atoms with Crippen LogP contribution in [0, 0.1) is 0 Å². The molecular weight excluding hydrogens is 276 g/mol. The van der Waals surface area contributed by atoms with Crippen LogP contribution in [0.15, 0.2) is 6.07 Å². The summed E-state index contributed by atoms with van der Waals surface area (Å²) < 4.78 is 16.0. The van der Waals surface area contributed by atoms with Gasteiger partial charge < -0.3 is 24.4 Å². The van der Waals surface area contributed by atoms with Crippen LogP contribution < -0.4 is 9.47 Å². The lowest BCUT2D eigenvalue weighted by molar-refractivity contribution is 0.00616. The first-order chi connectivity index (χ1) is 9.71. The molecule has 0 bridgehead atoms. The lowest BCUT2D eigenvalue weighted by Gasteiger charge is -2.22. The van der Waals surface area contributed by atoms with Crippen LogP contribution in [-0.4, -0.2) is 35.0 Å². The van der Waals surface area contributed by atoms with Crippen molar-refractivity contribution in [3.8, 4) is 23.0 Å². The van der Waals surface area contributed by atoms with Crippen molar-refractivity contribution in [2.24, 2.45) is 0 Å². The fourth-order valence-corrected chi connectivity index (χ4v) is 1.69. The summed E-state index contributed by atoms with van der Waals surface area (Å²) >= 11 is 0. The molecule has 0 heterocycles. The van der Waals surface area contributed by atoms with Crippen molar-refractivity contribution >= 4 is 5.97 Å². The fourth-order valence-electron chi connectivity index (χ4n) is 1.69. The molecule has 0 fully saturated rings. The van der Waals surface area contributed by atoms with Gasteiger partial charge in [0.2, 0.25) is 0 Å². The molecular formula is C15H22O6. The molecule has 0 unspecified atom stereocenters. The van der Waals surface area contributed by atoms with Crippen molar-refractivity contribution < 1.29 is 29.2 Å². The van der Waals surface area contributed by atoms with Crippen LogP contribution in [0.1, 0.15) is 45.0 Å². The Kier molecular flexibility index (Phi) is 5.29. The van der Waals surface area contributed by atoms with E-state index in [2.05, 4.69) is 0 Å². The predicted octanol–water partition coefficient (Wildman–Crippen LogP) is 2.85. The minimum absolute atomic E-state index is 0.0592. The Bertz CT molecular complexity index is 516. The van der Waals surface area contributed by atoms with Crippen molar-refractivity contribution in [2.45, 2.75) is 40.2 Å². The molecule has 118 valence electrons. The molecule has 0 atom stereocenters. The topological polar surface area (TPSA) is 85.2 Å². The third kappa shape index (κ3) is 4.18. The van der Waals surface area contributed by atoms with Crippen LogP contribution in [0.4, 0.5) is 0 Å². The molecule has 21 heavy (non-hydrogen) atoms. The van der Waals surface area contributed by atoms with E-state index in [0.29, 0.717) is 6.61 Å². The number of hydrogen-bond acceptors (Lipinski definition) is 6. The number of benzene rings is 1. The Labute approximate surface area is 124 Å². The van der Waals surface area contributed by atoms with Crippen molar-refractivity contribution in [1.82, 2.24) is 0 Å². The van der Waals surface area contributed by atoms with E-state index in [1.54, 1.807) is 34.6 Å². The molecule has 0 radical (unpaired) electrons. The molecule has 0 saturated heterocycles. The van der Waals surface area contributed by atoms with E-state index in [9.17, 15) is 15.0 Å². The average molecular weight is 298 g/mol. The third-order valence-electron chi connectivity index (χ3n) is 2.39. The zero-order valence-electron chi connectivity index (χ0n) is 13.0. The van der Waals surface area contributed by atoms with Crippen LogP contribution in [0.2, 0.25) is 0 Å². The van der Waals surface area contributed by atoms with Crippen LogP contribution >= 0.6 is 0 Å². The highest BCUT2D eigenvalue weighted by Gasteiger charge is 2.29. The maximum Gasteiger partial charge on any atom is 0.346 e. The van der Waals surface area contributed by atoms with E-state index < -0.39 is 23.1 Å². The number of esters is 1. The number of ether oxygens (including phenoxy) is 3. The van der Waals surface area contributed by atoms with Gasteiger partial charge >= 0.3 is 5.97 Å². The summed E-state index contributed by atoms with van der Waals surface area (Å²) in [5.41, 5.74) is -0.986. The minimum Gasteiger partial charge on any atom is -0.504 e. The van der Waals surface area contributed by atoms with E-state index in [4.69, 9.17) is 14.2 Å². The molecule has 0 spiro atoms. The first kappa shape index (κ1) is 16.9. The van der Waals surface area contributed by atoms with Crippen molar-refractivity contribution in [2.75, 3.05) is 13.2 Å². The van der Waals surface area contributed by atoms with Gasteiger partial charge in [0, 0.05) is 6.07 Å². The number of hydrogen-bond donors (Lipinski definition) is 2. The summed E-state index contributed by atoms with van der Waals surface area (Å²) in [6.07, 6.45) is 0. The monoisotopic (exact) mass is 298 g/mol. The van der Waals surface area contributed by atoms with Gasteiger partial charge in [-0.05, 0) is 34.6 Å². The molecule has 0 amide bonds. The number of carbonyl (C=O) groups is 1. The zero-order chi connectivity index (χ0) is 16.2. The van der Waals surface area contributed by atoms with Crippen LogP contribution in [0.25, 0.3) is 0 Å². The molecule has 1 aromatic carbocycles. The molecule has 0 aliphatic rings. The van der Waals surface area contributed by atoms with Crippen molar-refractivity contribution in [3.63, 3.8) is 0 Å². The number of rotatable bonds is 5. The van der Waals surface area contributed by atoms with E-state index in [1.165, 1.54) is 6.07 Å². The van der Waals surface area contributed by atoms with Gasteiger partial charge in [-0.15, -0.1) is 0 Å². The molecule has 0 saturated carbocycles. The molecule has 6 nitrogen and oxygen atoms in total. The second kappa shape index (κ2) is 6.56. The average Bonchev–Trinajstić information content (AvgIpc) is 2.33. The number of aromatic hydroxyl groups is 2. The summed E-state index contributed by atoms with van der Waals surface area (Å²) in [6.45, 7) is 9.18. The van der Waals surface area contributed by atoms with E-state index in [1.807, 2.05) is 0 Å². The SMILES string of the molecule is CCOc1cc(O)c(O)c(C(=O)OC(C)(C)C)c1OCC. The Morgan fingerprint density at radius 2 is 1.71 bits per heavy atom. The molecule has 1 rings (SSSR count). The maximum atomic E-state index is 12.3. The highest BCUT2D eigenvalue weighted by molar-refractivity contribution is 5.98. The molecule has 1 aromatic rings. The van der Waals surface area contributed by atoms with Gasteiger partial charge in [0.25, 0.3) is 0 Å². The lowest BCUT2D eigenvalue weighted by Crippen LogP contribution is -2.24. The van der Waals surface area contributed by atoms with E-state index in [-0.39, 0.29) is 23.7 Å². The van der Waals surface area contributed by atoms with Gasteiger partial charge in [0.15, 0.2) is 28.6 Å². The van der Waals surface area contributed by atoms with Crippen molar-refractivity contribution in [3.05, 3.63) is 11.6 Å². The number of phenolic OH excluding ortho intramolecular Hbond substituents is 2. The second-order valence-electron chi connectivity index (χ2n) is 5.31. The summed E-state index contributed by atoms with van der Waals surface area (Å²) in [5.74, 6) is -1.61. The Morgan fingerprint density at radius 3 is 2.19 bits per heavy atom. The Hall–Kier alpha value is -2.11. The molecule has 0 aliphatic carbocycles. The van der Waals surface area contributed by atoms with E-state index in [0.717, 1.165) is 0 Å². The Balaban J connectivity index is 3.41. The second-order valence-corrected chi connectivity index (χ2v) is 5.31. The smallest absolute Gasteiger partial charge is 0.346 e. The summed E-state index contributed by atoms with van der Waals surface area (Å²) in [6, 6.07) is 1.21. The van der Waals surface area contributed by atoms with Gasteiger partial charge in [0.1, 0.15) is 5.60 Å². The molecule has 6 heteroatoms. The maximum absolute atomic E-state index is 12.3. The standard InChI is InChI=1S/C15H22O6/c1-6-19-10-8-9(16)12(17)11(13(10)20-7-2)14(18)21-15(3,4)5/h8,16-17H,6-7H2,1-5H3. The first-order valence-corrected chi connectivity index (χ1v) is 6.79. The normalized spacial score (nSPS) is 11.1. The summed E-state index contributed by atoms with van der Waals surface area (Å²) in [7, 11) is 0. The van der Waals surface area contributed by atoms with Gasteiger partial charge in [0.05, 0.1) is 13.2 Å². The zero-order valence-corrected chi connectivity index (χ0v) is 13.0. The van der Waals surface area contributed by atoms with Gasteiger partial charge in [-0.25, -0.2) is 4.79 Å². The van der Waals surface area contributed by atoms with Gasteiger partial charge in [-0.3, -0.25) is 0 Å². The fraction of sp³-hybridized carbons (Fsp3) is 0.533. The predicted molar refractivity (Wildman–Crippen MR) is 77.3 cm³/mol. The van der Waals surface area contributed by atoms with Crippen molar-refractivity contribution in [1.29, 1.82) is 0 Å². The summed E-state index contributed by atoms with van der Waals surface area (Å²) in [4.78, 5) is 12.3. The Morgan fingerprint density at radius 1 is 1.14 bits per heavy atom. The quantitative estimate of drug-likeness (QED) is 0.642. The van der Waals surface area contributed by atoms with Gasteiger partial charge in [-0.2, -0.15) is 0 Å². The largest absolute Gasteiger partial charge is 0.504 e. The highest BCUT2D eigenvalue weighted by atomic mass is 16.6. The molecule has 0 aliphatic heterocycles. The first-order valence-electron chi connectivity index (χ1n) is 6.79. The van der Waals surface area contributed by atoms with Crippen LogP contribution in [0.3, 0.4) is 0 Å². The van der Waals surface area contributed by atoms with Crippen LogP contribution in [0.5, 0.6) is 23.0 Å². The highest BCUT2D eigenvalue weighted by Crippen LogP contribution is 2.44.